The number of aliphatic hydroxyl groups excluding tert-OH is 3. The number of phenolic OH excluding ortho intramolecular Hbond substituents is 4. The maximum Gasteiger partial charge on any atom is 0.270 e. The van der Waals surface area contributed by atoms with E-state index in [2.05, 4.69) is 4.74 Å². The van der Waals surface area contributed by atoms with Gasteiger partial charge < -0.3 is 50.0 Å². The summed E-state index contributed by atoms with van der Waals surface area (Å²) >= 11 is 0. The molecule has 2 aromatic carbocycles. The molecule has 30 heavy (non-hydrogen) atoms. The average molecular weight is 421 g/mol. The van der Waals surface area contributed by atoms with Crippen LogP contribution in [0.25, 0.3) is 6.08 Å². The van der Waals surface area contributed by atoms with E-state index in [9.17, 15) is 35.7 Å². The van der Waals surface area contributed by atoms with Gasteiger partial charge in [0.15, 0.2) is 17.3 Å². The molecule has 0 aromatic heterocycles. The van der Waals surface area contributed by atoms with E-state index >= 15 is 0 Å². The molecule has 0 radical (unpaired) electrons. The monoisotopic (exact) mass is 421 g/mol. The lowest BCUT2D eigenvalue weighted by molar-refractivity contribution is -0.263. The minimum absolute atomic E-state index is 0.0984. The first-order valence-corrected chi connectivity index (χ1v) is 9.07. The summed E-state index contributed by atoms with van der Waals surface area (Å²) in [7, 11) is 0. The topological polar surface area (TPSA) is 173 Å². The van der Waals surface area contributed by atoms with E-state index in [4.69, 9.17) is 9.47 Å². The van der Waals surface area contributed by atoms with Crippen molar-refractivity contribution in [3.63, 3.8) is 0 Å². The van der Waals surface area contributed by atoms with Crippen molar-refractivity contribution >= 4 is 6.08 Å². The highest BCUT2D eigenvalue weighted by Crippen LogP contribution is 2.46. The quantitative estimate of drug-likeness (QED) is 0.272. The van der Waals surface area contributed by atoms with Gasteiger partial charge >= 0.3 is 0 Å². The van der Waals surface area contributed by atoms with Gasteiger partial charge in [0, 0.05) is 12.1 Å². The van der Waals surface area contributed by atoms with Gasteiger partial charge in [-0.25, -0.2) is 0 Å². The Hall–Kier alpha value is -3.18. The van der Waals surface area contributed by atoms with Crippen LogP contribution in [0, 0.1) is 0 Å². The second kappa shape index (κ2) is 7.58. The van der Waals surface area contributed by atoms with Crippen LogP contribution in [0.1, 0.15) is 17.2 Å². The van der Waals surface area contributed by atoms with Crippen molar-refractivity contribution in [2.75, 3.05) is 6.61 Å². The van der Waals surface area contributed by atoms with Crippen LogP contribution in [0.15, 0.2) is 36.1 Å². The van der Waals surface area contributed by atoms with Crippen LogP contribution in [0.4, 0.5) is 0 Å². The number of aliphatic hydroxyl groups is 4. The third-order valence-corrected chi connectivity index (χ3v) is 4.97. The molecule has 2 aliphatic rings. The van der Waals surface area contributed by atoms with Crippen molar-refractivity contribution in [1.82, 2.24) is 0 Å². The fourth-order valence-corrected chi connectivity index (χ4v) is 3.35. The maximum atomic E-state index is 10.2. The smallest absolute Gasteiger partial charge is 0.270 e. The molecule has 4 rings (SSSR count). The molecular weight excluding hydrogens is 400 g/mol. The number of rotatable bonds is 3. The van der Waals surface area contributed by atoms with E-state index in [-0.39, 0.29) is 46.7 Å². The molecule has 0 bridgehead atoms. The Labute approximate surface area is 170 Å². The first kappa shape index (κ1) is 20.1. The predicted molar refractivity (Wildman–Crippen MR) is 101 cm³/mol. The van der Waals surface area contributed by atoms with Crippen LogP contribution >= 0.6 is 0 Å². The van der Waals surface area contributed by atoms with Crippen LogP contribution in [0.2, 0.25) is 0 Å². The molecule has 5 atom stereocenters. The van der Waals surface area contributed by atoms with Gasteiger partial charge in [-0.3, -0.25) is 0 Å². The van der Waals surface area contributed by atoms with E-state index in [1.54, 1.807) is 0 Å². The molecule has 1 unspecified atom stereocenters. The molecule has 0 spiro atoms. The molecule has 1 saturated heterocycles. The largest absolute Gasteiger partial charge is 0.571 e. The zero-order valence-corrected chi connectivity index (χ0v) is 15.5. The SMILES string of the molecule is Oc1cc(O)c2c(c1)[OH+]C(c1ccc(O)c(O)c1)C(O[C@@H]1OC[C@@H](O)[C@@H](O)[C@@H]1O)=C2. The maximum absolute atomic E-state index is 10.2. The summed E-state index contributed by atoms with van der Waals surface area (Å²) in [6.07, 6.45) is -5.12. The number of hydrogen-bond acceptors (Lipinski definition) is 9. The standard InChI is InChI=1S/C20H20O10/c21-9-4-12(23)10-6-16(30-20-18(27)17(26)14(25)7-28-20)19(29-15(10)5-9)8-1-2-11(22)13(24)3-8/h1-6,14,17-27H,7H2/p+1/t14-,17-,18+,19?,20+/m1/s1. The zero-order valence-electron chi connectivity index (χ0n) is 15.5. The summed E-state index contributed by atoms with van der Waals surface area (Å²) in [4.78, 5) is 0. The Kier molecular flexibility index (Phi) is 5.08. The first-order chi connectivity index (χ1) is 14.2. The number of hydrogen-bond donors (Lipinski definition) is 7. The van der Waals surface area contributed by atoms with Gasteiger partial charge in [0.1, 0.15) is 35.4 Å². The zero-order chi connectivity index (χ0) is 21.6. The highest BCUT2D eigenvalue weighted by Gasteiger charge is 2.42. The van der Waals surface area contributed by atoms with Crippen molar-refractivity contribution in [2.24, 2.45) is 0 Å². The lowest BCUT2D eigenvalue weighted by atomic mass is 10.0. The van der Waals surface area contributed by atoms with E-state index in [0.717, 1.165) is 6.07 Å². The lowest BCUT2D eigenvalue weighted by Gasteiger charge is -2.36. The minimum Gasteiger partial charge on any atom is -0.571 e. The molecule has 0 saturated carbocycles. The molecule has 8 N–H and O–H groups in total. The van der Waals surface area contributed by atoms with Gasteiger partial charge in [-0.1, -0.05) is 0 Å². The summed E-state index contributed by atoms with van der Waals surface area (Å²) in [5, 5.41) is 69.1. The highest BCUT2D eigenvalue weighted by molar-refractivity contribution is 5.69. The molecule has 2 heterocycles. The van der Waals surface area contributed by atoms with Crippen molar-refractivity contribution < 1.29 is 50.0 Å². The Bertz CT molecular complexity index is 988. The first-order valence-electron chi connectivity index (χ1n) is 9.07. The van der Waals surface area contributed by atoms with Crippen LogP contribution in [-0.4, -0.2) is 71.7 Å². The Morgan fingerprint density at radius 2 is 1.67 bits per heavy atom. The van der Waals surface area contributed by atoms with Gasteiger partial charge in [-0.2, -0.15) is 0 Å². The molecule has 160 valence electrons. The molecule has 1 fully saturated rings. The summed E-state index contributed by atoms with van der Waals surface area (Å²) in [6, 6.07) is 6.48. The molecule has 2 aliphatic heterocycles. The van der Waals surface area contributed by atoms with Crippen molar-refractivity contribution in [1.29, 1.82) is 0 Å². The van der Waals surface area contributed by atoms with Crippen molar-refractivity contribution in [2.45, 2.75) is 30.7 Å². The number of aromatic hydroxyl groups is 5. The van der Waals surface area contributed by atoms with Crippen LogP contribution in [0.3, 0.4) is 0 Å². The number of phenols is 4. The Balaban J connectivity index is 1.73. The highest BCUT2D eigenvalue weighted by atomic mass is 16.7. The van der Waals surface area contributed by atoms with E-state index in [0.29, 0.717) is 5.56 Å². The normalized spacial score (nSPS) is 28.2. The lowest BCUT2D eigenvalue weighted by Crippen LogP contribution is -2.53. The summed E-state index contributed by atoms with van der Waals surface area (Å²) in [6.45, 7) is -0.270. The number of benzene rings is 2. The Morgan fingerprint density at radius 1 is 0.900 bits per heavy atom. The molecule has 2 aromatic rings. The van der Waals surface area contributed by atoms with Crippen molar-refractivity contribution in [3.05, 3.63) is 47.2 Å². The predicted octanol–water partition coefficient (Wildman–Crippen LogP) is 0.302. The summed E-state index contributed by atoms with van der Waals surface area (Å²) in [5.41, 5.74) is 0.642. The molecule has 10 nitrogen and oxygen atoms in total. The van der Waals surface area contributed by atoms with Crippen LogP contribution < -0.4 is 0 Å². The van der Waals surface area contributed by atoms with E-state index in [1.807, 2.05) is 0 Å². The van der Waals surface area contributed by atoms with Crippen molar-refractivity contribution in [3.8, 4) is 28.7 Å². The van der Waals surface area contributed by atoms with Gasteiger partial charge in [0.25, 0.3) is 11.9 Å². The number of fused-ring (bicyclic) bond motifs is 1. The summed E-state index contributed by atoms with van der Waals surface area (Å²) < 4.78 is 15.5. The average Bonchev–Trinajstić information content (AvgIpc) is 2.70. The minimum atomic E-state index is -1.56. The fourth-order valence-electron chi connectivity index (χ4n) is 3.35. The number of ether oxygens (including phenoxy) is 3. The van der Waals surface area contributed by atoms with Crippen LogP contribution in [-0.2, 0) is 9.47 Å². The Morgan fingerprint density at radius 3 is 2.40 bits per heavy atom. The van der Waals surface area contributed by atoms with Crippen LogP contribution in [0.5, 0.6) is 28.7 Å². The molecule has 0 aliphatic carbocycles. The molecular formula is C20H21O10+. The van der Waals surface area contributed by atoms with Gasteiger partial charge in [0.2, 0.25) is 6.29 Å². The van der Waals surface area contributed by atoms with E-state index < -0.39 is 30.7 Å². The van der Waals surface area contributed by atoms with E-state index in [1.165, 1.54) is 30.3 Å². The van der Waals surface area contributed by atoms with Gasteiger partial charge in [0.05, 0.1) is 18.2 Å². The van der Waals surface area contributed by atoms with Gasteiger partial charge in [-0.15, -0.1) is 0 Å². The summed E-state index contributed by atoms with van der Waals surface area (Å²) in [5.74, 6) is -0.844. The second-order valence-corrected chi connectivity index (χ2v) is 7.09. The fraction of sp³-hybridized carbons (Fsp3) is 0.300. The third-order valence-electron chi connectivity index (χ3n) is 4.97. The van der Waals surface area contributed by atoms with Gasteiger partial charge in [-0.05, 0) is 18.2 Å². The molecule has 0 amide bonds. The third kappa shape index (κ3) is 3.57. The molecule has 10 heteroatoms. The second-order valence-electron chi connectivity index (χ2n) is 7.09.